The smallest absolute Gasteiger partial charge is 0.234 e. The molecule has 2 rings (SSSR count). The van der Waals surface area contributed by atoms with Gasteiger partial charge >= 0.3 is 0 Å². The molecule has 15 heavy (non-hydrogen) atoms. The number of fused-ring (bicyclic) bond motifs is 1. The Bertz CT molecular complexity index is 397. The van der Waals surface area contributed by atoms with Gasteiger partial charge in [0, 0.05) is 0 Å². The van der Waals surface area contributed by atoms with E-state index >= 15 is 0 Å². The lowest BCUT2D eigenvalue weighted by Gasteiger charge is -2.31. The Balaban J connectivity index is 2.47. The van der Waals surface area contributed by atoms with E-state index in [2.05, 4.69) is 18.7 Å². The highest BCUT2D eigenvalue weighted by atomic mass is 16.2. The maximum absolute atomic E-state index is 12.0. The molecular weight excluding hydrogens is 186 g/mol. The third kappa shape index (κ3) is 1.56. The highest BCUT2D eigenvalue weighted by molar-refractivity contribution is 5.86. The predicted molar refractivity (Wildman–Crippen MR) is 60.2 cm³/mol. The molecular formula is C13H15NO. The van der Waals surface area contributed by atoms with E-state index < -0.39 is 0 Å². The molecule has 0 aliphatic carbocycles. The van der Waals surface area contributed by atoms with Gasteiger partial charge in [0.2, 0.25) is 5.91 Å². The second-order valence-electron chi connectivity index (χ2n) is 3.81. The molecule has 0 spiro atoms. The van der Waals surface area contributed by atoms with Gasteiger partial charge in [-0.1, -0.05) is 37.8 Å². The quantitative estimate of drug-likeness (QED) is 0.720. The second kappa shape index (κ2) is 3.89. The van der Waals surface area contributed by atoms with Gasteiger partial charge < -0.3 is 4.90 Å². The maximum Gasteiger partial charge on any atom is 0.234 e. The molecule has 0 fully saturated rings. The van der Waals surface area contributed by atoms with Gasteiger partial charge in [-0.05, 0) is 23.7 Å². The van der Waals surface area contributed by atoms with Crippen LogP contribution in [-0.4, -0.2) is 10.8 Å². The van der Waals surface area contributed by atoms with Crippen molar-refractivity contribution >= 4 is 5.91 Å². The zero-order valence-corrected chi connectivity index (χ0v) is 8.94. The van der Waals surface area contributed by atoms with E-state index in [1.165, 1.54) is 11.1 Å². The molecule has 1 aromatic carbocycles. The van der Waals surface area contributed by atoms with Gasteiger partial charge in [-0.3, -0.25) is 4.79 Å². The average Bonchev–Trinajstić information content (AvgIpc) is 2.28. The molecule has 0 radical (unpaired) electrons. The normalized spacial score (nSPS) is 19.9. The molecule has 0 saturated carbocycles. The zero-order valence-electron chi connectivity index (χ0n) is 8.94. The lowest BCUT2D eigenvalue weighted by atomic mass is 9.87. The van der Waals surface area contributed by atoms with Gasteiger partial charge in [-0.25, -0.2) is 0 Å². The van der Waals surface area contributed by atoms with Gasteiger partial charge in [-0.15, -0.1) is 0 Å². The molecule has 2 heteroatoms. The molecule has 0 bridgehead atoms. The Morgan fingerprint density at radius 1 is 1.53 bits per heavy atom. The van der Waals surface area contributed by atoms with Gasteiger partial charge in [0.15, 0.2) is 0 Å². The van der Waals surface area contributed by atoms with Gasteiger partial charge in [0.1, 0.15) is 0 Å². The third-order valence-electron chi connectivity index (χ3n) is 2.98. The van der Waals surface area contributed by atoms with Crippen LogP contribution in [0.4, 0.5) is 0 Å². The van der Waals surface area contributed by atoms with E-state index in [0.29, 0.717) is 6.54 Å². The van der Waals surface area contributed by atoms with E-state index in [9.17, 15) is 4.79 Å². The molecule has 78 valence electrons. The van der Waals surface area contributed by atoms with Crippen molar-refractivity contribution in [2.24, 2.45) is 0 Å². The Morgan fingerprint density at radius 3 is 2.93 bits per heavy atom. The van der Waals surface area contributed by atoms with Crippen molar-refractivity contribution in [2.45, 2.75) is 25.8 Å². The van der Waals surface area contributed by atoms with Crippen LogP contribution in [0.2, 0.25) is 0 Å². The number of carbonyl (C=O) groups excluding carboxylic acids is 1. The lowest BCUT2D eigenvalue weighted by molar-refractivity contribution is -0.131. The fourth-order valence-corrected chi connectivity index (χ4v) is 2.16. The summed E-state index contributed by atoms with van der Waals surface area (Å²) in [6.45, 7) is 6.39. The van der Waals surface area contributed by atoms with Gasteiger partial charge in [-0.2, -0.15) is 0 Å². The van der Waals surface area contributed by atoms with Crippen molar-refractivity contribution < 1.29 is 4.79 Å². The maximum atomic E-state index is 12.0. The van der Waals surface area contributed by atoms with E-state index in [4.69, 9.17) is 0 Å². The summed E-state index contributed by atoms with van der Waals surface area (Å²) in [5.41, 5.74) is 2.42. The number of rotatable bonds is 2. The number of amides is 1. The summed E-state index contributed by atoms with van der Waals surface area (Å²) in [6.07, 6.45) is 2.47. The molecule has 1 amide bonds. The number of benzene rings is 1. The Kier molecular flexibility index (Phi) is 2.58. The summed E-state index contributed by atoms with van der Waals surface area (Å²) in [5.74, 6) is 0.180. The summed E-state index contributed by atoms with van der Waals surface area (Å²) in [4.78, 5) is 13.7. The second-order valence-corrected chi connectivity index (χ2v) is 3.81. The van der Waals surface area contributed by atoms with Crippen molar-refractivity contribution in [3.05, 3.63) is 48.2 Å². The standard InChI is InChI=1S/C13H15NO/c1-3-11-12-8-6-5-7-10(12)9-14(4-2)13(11)15/h4-8,11H,2-3,9H2,1H3/t11-/m0/s1. The zero-order chi connectivity index (χ0) is 10.8. The van der Waals surface area contributed by atoms with Crippen LogP contribution in [-0.2, 0) is 11.3 Å². The molecule has 2 nitrogen and oxygen atoms in total. The third-order valence-corrected chi connectivity index (χ3v) is 2.98. The summed E-state index contributed by atoms with van der Waals surface area (Å²) in [7, 11) is 0. The number of nitrogens with zero attached hydrogens (tertiary/aromatic N) is 1. The fourth-order valence-electron chi connectivity index (χ4n) is 2.16. The van der Waals surface area contributed by atoms with Crippen LogP contribution in [0.15, 0.2) is 37.0 Å². The minimum Gasteiger partial charge on any atom is -0.315 e. The number of hydrogen-bond donors (Lipinski definition) is 0. The number of hydrogen-bond acceptors (Lipinski definition) is 1. The minimum absolute atomic E-state index is 0.00736. The van der Waals surface area contributed by atoms with Crippen LogP contribution < -0.4 is 0 Å². The molecule has 0 saturated heterocycles. The SMILES string of the molecule is C=CN1Cc2ccccc2[C@H](CC)C1=O. The van der Waals surface area contributed by atoms with Crippen LogP contribution in [0.5, 0.6) is 0 Å². The molecule has 1 atom stereocenters. The first-order chi connectivity index (χ1) is 7.27. The Hall–Kier alpha value is -1.57. The van der Waals surface area contributed by atoms with Crippen LogP contribution in [0.1, 0.15) is 30.4 Å². The average molecular weight is 201 g/mol. The monoisotopic (exact) mass is 201 g/mol. The topological polar surface area (TPSA) is 20.3 Å². The first kappa shape index (κ1) is 9.97. The van der Waals surface area contributed by atoms with Crippen LogP contribution in [0.25, 0.3) is 0 Å². The summed E-state index contributed by atoms with van der Waals surface area (Å²) in [5, 5.41) is 0. The van der Waals surface area contributed by atoms with Crippen molar-refractivity contribution in [2.75, 3.05) is 0 Å². The predicted octanol–water partition coefficient (Wildman–Crippen LogP) is 2.67. The first-order valence-electron chi connectivity index (χ1n) is 5.28. The summed E-state index contributed by atoms with van der Waals surface area (Å²) >= 11 is 0. The molecule has 0 N–H and O–H groups in total. The Labute approximate surface area is 90.2 Å². The lowest BCUT2D eigenvalue weighted by Crippen LogP contribution is -2.35. The van der Waals surface area contributed by atoms with E-state index in [1.807, 2.05) is 19.1 Å². The van der Waals surface area contributed by atoms with Crippen LogP contribution in [0, 0.1) is 0 Å². The molecule has 0 unspecified atom stereocenters. The van der Waals surface area contributed by atoms with Crippen molar-refractivity contribution in [1.29, 1.82) is 0 Å². The Morgan fingerprint density at radius 2 is 2.27 bits per heavy atom. The van der Waals surface area contributed by atoms with Gasteiger partial charge in [0.05, 0.1) is 12.5 Å². The highest BCUT2D eigenvalue weighted by Gasteiger charge is 2.29. The molecule has 1 aromatic rings. The van der Waals surface area contributed by atoms with Gasteiger partial charge in [0.25, 0.3) is 0 Å². The highest BCUT2D eigenvalue weighted by Crippen LogP contribution is 2.31. The van der Waals surface area contributed by atoms with E-state index in [-0.39, 0.29) is 11.8 Å². The van der Waals surface area contributed by atoms with Crippen molar-refractivity contribution in [3.63, 3.8) is 0 Å². The van der Waals surface area contributed by atoms with Crippen molar-refractivity contribution in [1.82, 2.24) is 4.90 Å². The fraction of sp³-hybridized carbons (Fsp3) is 0.308. The summed E-state index contributed by atoms with van der Waals surface area (Å²) < 4.78 is 0. The van der Waals surface area contributed by atoms with Crippen LogP contribution >= 0.6 is 0 Å². The summed E-state index contributed by atoms with van der Waals surface area (Å²) in [6, 6.07) is 8.16. The number of carbonyl (C=O) groups is 1. The molecule has 1 heterocycles. The van der Waals surface area contributed by atoms with Crippen LogP contribution in [0.3, 0.4) is 0 Å². The molecule has 1 aliphatic heterocycles. The van der Waals surface area contributed by atoms with E-state index in [1.54, 1.807) is 11.1 Å². The first-order valence-corrected chi connectivity index (χ1v) is 5.28. The van der Waals surface area contributed by atoms with E-state index in [0.717, 1.165) is 6.42 Å². The molecule has 1 aliphatic rings. The largest absolute Gasteiger partial charge is 0.315 e. The van der Waals surface area contributed by atoms with Crippen molar-refractivity contribution in [3.8, 4) is 0 Å². The molecule has 0 aromatic heterocycles. The minimum atomic E-state index is 0.00736.